The Balaban J connectivity index is 2.10. The third kappa shape index (κ3) is 4.29. The number of carbonyl (C=O) groups is 1. The smallest absolute Gasteiger partial charge is 0.238 e. The van der Waals surface area contributed by atoms with Gasteiger partial charge >= 0.3 is 0 Å². The van der Waals surface area contributed by atoms with Gasteiger partial charge in [0.15, 0.2) is 0 Å². The van der Waals surface area contributed by atoms with Crippen LogP contribution in [0.3, 0.4) is 0 Å². The largest absolute Gasteiger partial charge is 0.315 e. The van der Waals surface area contributed by atoms with E-state index in [-0.39, 0.29) is 18.0 Å². The minimum absolute atomic E-state index is 0.0853. The number of thiophene rings is 1. The first-order chi connectivity index (χ1) is 9.90. The summed E-state index contributed by atoms with van der Waals surface area (Å²) in [6, 6.07) is 2.28. The average molecular weight is 305 g/mol. The summed E-state index contributed by atoms with van der Waals surface area (Å²) in [5, 5.41) is 16.2. The van der Waals surface area contributed by atoms with Crippen LogP contribution in [0.15, 0.2) is 0 Å². The molecule has 21 heavy (non-hydrogen) atoms. The van der Waals surface area contributed by atoms with Gasteiger partial charge in [-0.05, 0) is 52.0 Å². The zero-order chi connectivity index (χ0) is 15.5. The van der Waals surface area contributed by atoms with Crippen molar-refractivity contribution in [1.29, 1.82) is 5.26 Å². The number of fused-ring (bicyclic) bond motifs is 1. The Hall–Kier alpha value is -1.38. The Morgan fingerprint density at radius 3 is 2.67 bits per heavy atom. The standard InChI is InChI=1S/C16H23N3OS/c1-16(2,3)18-10-14(20)19-15-12(9-17)11-7-5-4-6-8-13(11)21-15/h18H,4-8,10H2,1-3H3,(H,19,20). The van der Waals surface area contributed by atoms with Gasteiger partial charge in [-0.15, -0.1) is 11.3 Å². The monoisotopic (exact) mass is 305 g/mol. The molecule has 0 bridgehead atoms. The lowest BCUT2D eigenvalue weighted by Crippen LogP contribution is -2.41. The quantitative estimate of drug-likeness (QED) is 0.843. The first kappa shape index (κ1) is 16.0. The molecular weight excluding hydrogens is 282 g/mol. The van der Waals surface area contributed by atoms with Gasteiger partial charge in [0.25, 0.3) is 0 Å². The molecule has 114 valence electrons. The minimum atomic E-state index is -0.0952. The number of nitriles is 1. The Morgan fingerprint density at radius 2 is 2.00 bits per heavy atom. The minimum Gasteiger partial charge on any atom is -0.315 e. The lowest BCUT2D eigenvalue weighted by atomic mass is 10.1. The summed E-state index contributed by atoms with van der Waals surface area (Å²) >= 11 is 1.58. The molecule has 2 N–H and O–H groups in total. The van der Waals surface area contributed by atoms with Crippen molar-refractivity contribution in [3.63, 3.8) is 0 Å². The van der Waals surface area contributed by atoms with Crippen molar-refractivity contribution in [3.8, 4) is 6.07 Å². The van der Waals surface area contributed by atoms with Gasteiger partial charge in [-0.2, -0.15) is 5.26 Å². The number of nitrogens with zero attached hydrogens (tertiary/aromatic N) is 1. The summed E-state index contributed by atoms with van der Waals surface area (Å²) in [4.78, 5) is 13.3. The summed E-state index contributed by atoms with van der Waals surface area (Å²) in [7, 11) is 0. The van der Waals surface area contributed by atoms with Crippen LogP contribution in [-0.2, 0) is 17.6 Å². The van der Waals surface area contributed by atoms with Crippen LogP contribution in [0.4, 0.5) is 5.00 Å². The molecule has 0 atom stereocenters. The molecule has 1 heterocycles. The van der Waals surface area contributed by atoms with Crippen molar-refractivity contribution in [2.24, 2.45) is 0 Å². The predicted molar refractivity (Wildman–Crippen MR) is 86.7 cm³/mol. The molecule has 0 radical (unpaired) electrons. The van der Waals surface area contributed by atoms with Gasteiger partial charge in [-0.25, -0.2) is 0 Å². The highest BCUT2D eigenvalue weighted by Crippen LogP contribution is 2.36. The molecule has 0 unspecified atom stereocenters. The van der Waals surface area contributed by atoms with Gasteiger partial charge in [0.1, 0.15) is 11.1 Å². The molecular formula is C16H23N3OS. The molecule has 0 saturated carbocycles. The second kappa shape index (κ2) is 6.59. The van der Waals surface area contributed by atoms with Gasteiger partial charge in [0, 0.05) is 10.4 Å². The van der Waals surface area contributed by atoms with E-state index >= 15 is 0 Å². The maximum atomic E-state index is 12.0. The molecule has 0 fully saturated rings. The number of hydrogen-bond donors (Lipinski definition) is 2. The number of aryl methyl sites for hydroxylation is 1. The van der Waals surface area contributed by atoms with E-state index in [1.54, 1.807) is 11.3 Å². The van der Waals surface area contributed by atoms with E-state index in [0.29, 0.717) is 5.56 Å². The van der Waals surface area contributed by atoms with Crippen LogP contribution < -0.4 is 10.6 Å². The number of nitrogens with one attached hydrogen (secondary N) is 2. The molecule has 5 heteroatoms. The van der Waals surface area contributed by atoms with Gasteiger partial charge in [-0.3, -0.25) is 4.79 Å². The van der Waals surface area contributed by atoms with E-state index in [4.69, 9.17) is 0 Å². The number of hydrogen-bond acceptors (Lipinski definition) is 4. The lowest BCUT2D eigenvalue weighted by molar-refractivity contribution is -0.115. The van der Waals surface area contributed by atoms with Crippen molar-refractivity contribution in [2.45, 2.75) is 58.4 Å². The summed E-state index contributed by atoms with van der Waals surface area (Å²) in [5.74, 6) is -0.0853. The fourth-order valence-corrected chi connectivity index (χ4v) is 3.72. The molecule has 1 aromatic rings. The Labute approximate surface area is 130 Å². The first-order valence-electron chi connectivity index (χ1n) is 7.50. The summed E-state index contributed by atoms with van der Waals surface area (Å²) in [6.07, 6.45) is 5.54. The maximum absolute atomic E-state index is 12.0. The van der Waals surface area contributed by atoms with E-state index in [1.165, 1.54) is 23.3 Å². The Kier molecular flexibility index (Phi) is 5.02. The lowest BCUT2D eigenvalue weighted by Gasteiger charge is -2.19. The number of rotatable bonds is 3. The highest BCUT2D eigenvalue weighted by Gasteiger charge is 2.21. The summed E-state index contributed by atoms with van der Waals surface area (Å²) in [5.41, 5.74) is 1.75. The van der Waals surface area contributed by atoms with Crippen LogP contribution in [0, 0.1) is 11.3 Å². The zero-order valence-corrected chi connectivity index (χ0v) is 13.8. The zero-order valence-electron chi connectivity index (χ0n) is 13.0. The normalized spacial score (nSPS) is 15.0. The van der Waals surface area contributed by atoms with E-state index in [2.05, 4.69) is 16.7 Å². The number of anilines is 1. The number of amides is 1. The highest BCUT2D eigenvalue weighted by molar-refractivity contribution is 7.16. The maximum Gasteiger partial charge on any atom is 0.238 e. The molecule has 0 aliphatic heterocycles. The molecule has 0 saturated heterocycles. The molecule has 2 rings (SSSR count). The topological polar surface area (TPSA) is 64.9 Å². The molecule has 4 nitrogen and oxygen atoms in total. The predicted octanol–water partition coefficient (Wildman–Crippen LogP) is 3.22. The van der Waals surface area contributed by atoms with Crippen molar-refractivity contribution < 1.29 is 4.79 Å². The molecule has 1 amide bonds. The van der Waals surface area contributed by atoms with Crippen LogP contribution in [-0.4, -0.2) is 18.0 Å². The molecule has 0 aromatic carbocycles. The van der Waals surface area contributed by atoms with Gasteiger partial charge in [0.05, 0.1) is 12.1 Å². The average Bonchev–Trinajstić information content (AvgIpc) is 2.57. The second-order valence-corrected chi connectivity index (χ2v) is 7.64. The summed E-state index contributed by atoms with van der Waals surface area (Å²) in [6.45, 7) is 6.33. The third-order valence-corrected chi connectivity index (χ3v) is 4.77. The fraction of sp³-hybridized carbons (Fsp3) is 0.625. The van der Waals surface area contributed by atoms with Crippen molar-refractivity contribution in [1.82, 2.24) is 5.32 Å². The molecule has 1 aliphatic carbocycles. The molecule has 1 aliphatic rings. The van der Waals surface area contributed by atoms with Gasteiger partial charge < -0.3 is 10.6 Å². The second-order valence-electron chi connectivity index (χ2n) is 6.53. The van der Waals surface area contributed by atoms with Crippen LogP contribution in [0.1, 0.15) is 56.0 Å². The fourth-order valence-electron chi connectivity index (χ4n) is 2.47. The van der Waals surface area contributed by atoms with Crippen molar-refractivity contribution >= 4 is 22.2 Å². The summed E-state index contributed by atoms with van der Waals surface area (Å²) < 4.78 is 0. The van der Waals surface area contributed by atoms with E-state index in [0.717, 1.165) is 24.3 Å². The molecule has 0 spiro atoms. The highest BCUT2D eigenvalue weighted by atomic mass is 32.1. The van der Waals surface area contributed by atoms with E-state index in [1.807, 2.05) is 20.8 Å². The van der Waals surface area contributed by atoms with E-state index in [9.17, 15) is 10.1 Å². The third-order valence-electron chi connectivity index (χ3n) is 3.57. The van der Waals surface area contributed by atoms with Gasteiger partial charge in [0.2, 0.25) is 5.91 Å². The van der Waals surface area contributed by atoms with Crippen LogP contribution in [0.2, 0.25) is 0 Å². The van der Waals surface area contributed by atoms with Crippen LogP contribution >= 0.6 is 11.3 Å². The van der Waals surface area contributed by atoms with E-state index < -0.39 is 0 Å². The van der Waals surface area contributed by atoms with Crippen molar-refractivity contribution in [2.75, 3.05) is 11.9 Å². The number of carbonyl (C=O) groups excluding carboxylic acids is 1. The Bertz CT molecular complexity index is 563. The van der Waals surface area contributed by atoms with Gasteiger partial charge in [-0.1, -0.05) is 6.42 Å². The SMILES string of the molecule is CC(C)(C)NCC(=O)Nc1sc2c(c1C#N)CCCCC2. The first-order valence-corrected chi connectivity index (χ1v) is 8.32. The van der Waals surface area contributed by atoms with Crippen LogP contribution in [0.5, 0.6) is 0 Å². The Morgan fingerprint density at radius 1 is 1.29 bits per heavy atom. The molecule has 1 aromatic heterocycles. The van der Waals surface area contributed by atoms with Crippen molar-refractivity contribution in [3.05, 3.63) is 16.0 Å². The van der Waals surface area contributed by atoms with Crippen LogP contribution in [0.25, 0.3) is 0 Å².